The van der Waals surface area contributed by atoms with Crippen LogP contribution in [0.2, 0.25) is 0 Å². The molecule has 31 heavy (non-hydrogen) atoms. The van der Waals surface area contributed by atoms with Crippen LogP contribution in [-0.2, 0) is 14.4 Å². The number of allylic oxidation sites excluding steroid dienone is 2. The Hall–Kier alpha value is -3.18. The molecule has 1 atom stereocenters. The second kappa shape index (κ2) is 8.90. The van der Waals surface area contributed by atoms with Crippen molar-refractivity contribution in [2.24, 2.45) is 5.16 Å². The van der Waals surface area contributed by atoms with E-state index in [0.717, 1.165) is 23.1 Å². The number of nitrogens with zero attached hydrogens (tertiary/aromatic N) is 1. The summed E-state index contributed by atoms with van der Waals surface area (Å²) in [5.41, 5.74) is 6.24. The van der Waals surface area contributed by atoms with Gasteiger partial charge >= 0.3 is 10.1 Å². The Balaban J connectivity index is 1.65. The third-order valence-electron chi connectivity index (χ3n) is 5.52. The molecule has 0 saturated heterocycles. The van der Waals surface area contributed by atoms with Gasteiger partial charge in [-0.1, -0.05) is 83.0 Å². The maximum absolute atomic E-state index is 12.6. The summed E-state index contributed by atoms with van der Waals surface area (Å²) in [5.74, 6) is 0.199. The molecule has 0 N–H and O–H groups in total. The average Bonchev–Trinajstić information content (AvgIpc) is 2.79. The lowest BCUT2D eigenvalue weighted by molar-refractivity contribution is 0.337. The van der Waals surface area contributed by atoms with Crippen molar-refractivity contribution in [1.29, 1.82) is 0 Å². The molecule has 0 bridgehead atoms. The minimum absolute atomic E-state index is 0.0978. The highest BCUT2D eigenvalue weighted by Gasteiger charge is 2.23. The van der Waals surface area contributed by atoms with Gasteiger partial charge in [-0.2, -0.15) is 8.42 Å². The highest BCUT2D eigenvalue weighted by molar-refractivity contribution is 7.86. The van der Waals surface area contributed by atoms with Crippen LogP contribution in [0.15, 0.2) is 95.0 Å². The van der Waals surface area contributed by atoms with E-state index < -0.39 is 10.1 Å². The van der Waals surface area contributed by atoms with E-state index in [4.69, 9.17) is 4.28 Å². The van der Waals surface area contributed by atoms with Gasteiger partial charge < -0.3 is 0 Å². The van der Waals surface area contributed by atoms with Gasteiger partial charge in [-0.3, -0.25) is 4.28 Å². The smallest absolute Gasteiger partial charge is 0.265 e. The summed E-state index contributed by atoms with van der Waals surface area (Å²) < 4.78 is 30.3. The van der Waals surface area contributed by atoms with Crippen LogP contribution in [0.5, 0.6) is 0 Å². The fraction of sp³-hybridized carbons (Fsp3) is 0.192. The molecule has 4 nitrogen and oxygen atoms in total. The molecule has 0 spiro atoms. The summed E-state index contributed by atoms with van der Waals surface area (Å²) in [6.07, 6.45) is 3.42. The first-order chi connectivity index (χ1) is 14.9. The zero-order chi connectivity index (χ0) is 21.8. The van der Waals surface area contributed by atoms with Gasteiger partial charge in [0.25, 0.3) is 0 Å². The van der Waals surface area contributed by atoms with E-state index in [1.807, 2.05) is 31.2 Å². The largest absolute Gasteiger partial charge is 0.358 e. The van der Waals surface area contributed by atoms with Crippen molar-refractivity contribution in [2.75, 3.05) is 0 Å². The molecule has 158 valence electrons. The van der Waals surface area contributed by atoms with Crippen molar-refractivity contribution in [3.8, 4) is 0 Å². The molecule has 1 aliphatic carbocycles. The predicted molar refractivity (Wildman–Crippen MR) is 124 cm³/mol. The average molecular weight is 432 g/mol. The summed E-state index contributed by atoms with van der Waals surface area (Å²) in [7, 11) is -3.96. The normalized spacial score (nSPS) is 17.9. The van der Waals surface area contributed by atoms with Crippen molar-refractivity contribution in [3.05, 3.63) is 107 Å². The lowest BCUT2D eigenvalue weighted by atomic mass is 9.80. The van der Waals surface area contributed by atoms with E-state index in [2.05, 4.69) is 48.5 Å². The first kappa shape index (κ1) is 21.1. The monoisotopic (exact) mass is 431 g/mol. The maximum atomic E-state index is 12.6. The van der Waals surface area contributed by atoms with Gasteiger partial charge in [0.2, 0.25) is 0 Å². The molecule has 5 heteroatoms. The molecule has 1 unspecified atom stereocenters. The number of rotatable bonds is 5. The lowest BCUT2D eigenvalue weighted by Gasteiger charge is -2.24. The minimum atomic E-state index is -3.96. The summed E-state index contributed by atoms with van der Waals surface area (Å²) >= 11 is 0. The van der Waals surface area contributed by atoms with Gasteiger partial charge in [0.05, 0.1) is 5.71 Å². The number of oxime groups is 1. The van der Waals surface area contributed by atoms with Crippen LogP contribution in [0.4, 0.5) is 0 Å². The molecule has 0 aromatic heterocycles. The second-order valence-electron chi connectivity index (χ2n) is 7.98. The van der Waals surface area contributed by atoms with Gasteiger partial charge in [-0.05, 0) is 61.1 Å². The number of aryl methyl sites for hydroxylation is 2. The van der Waals surface area contributed by atoms with E-state index in [9.17, 15) is 8.42 Å². The van der Waals surface area contributed by atoms with Crippen LogP contribution >= 0.6 is 0 Å². The van der Waals surface area contributed by atoms with Crippen molar-refractivity contribution in [3.63, 3.8) is 0 Å². The third kappa shape index (κ3) is 5.12. The van der Waals surface area contributed by atoms with Crippen LogP contribution in [0, 0.1) is 13.8 Å². The Kier molecular flexibility index (Phi) is 6.05. The summed E-state index contributed by atoms with van der Waals surface area (Å²) in [6.45, 7) is 3.97. The van der Waals surface area contributed by atoms with Crippen LogP contribution < -0.4 is 0 Å². The number of hydrogen-bond donors (Lipinski definition) is 0. The molecule has 0 heterocycles. The maximum Gasteiger partial charge on any atom is 0.358 e. The van der Waals surface area contributed by atoms with Crippen LogP contribution in [0.25, 0.3) is 5.57 Å². The number of hydrogen-bond acceptors (Lipinski definition) is 4. The Morgan fingerprint density at radius 3 is 2.06 bits per heavy atom. The Labute approximate surface area is 184 Å². The van der Waals surface area contributed by atoms with Crippen molar-refractivity contribution in [2.45, 2.75) is 37.5 Å². The Morgan fingerprint density at radius 2 is 1.42 bits per heavy atom. The Morgan fingerprint density at radius 1 is 0.806 bits per heavy atom. The van der Waals surface area contributed by atoms with E-state index >= 15 is 0 Å². The van der Waals surface area contributed by atoms with Crippen LogP contribution in [-0.4, -0.2) is 14.1 Å². The van der Waals surface area contributed by atoms with Crippen LogP contribution in [0.3, 0.4) is 0 Å². The molecule has 4 rings (SSSR count). The minimum Gasteiger partial charge on any atom is -0.265 e. The molecule has 3 aromatic rings. The molecule has 0 saturated carbocycles. The highest BCUT2D eigenvalue weighted by Crippen LogP contribution is 2.36. The van der Waals surface area contributed by atoms with Crippen molar-refractivity contribution >= 4 is 21.4 Å². The molecule has 0 aliphatic heterocycles. The van der Waals surface area contributed by atoms with Crippen molar-refractivity contribution < 1.29 is 12.7 Å². The molecule has 1 aliphatic rings. The van der Waals surface area contributed by atoms with Crippen LogP contribution in [0.1, 0.15) is 41.0 Å². The fourth-order valence-electron chi connectivity index (χ4n) is 3.75. The zero-order valence-electron chi connectivity index (χ0n) is 17.7. The Bertz CT molecular complexity index is 1210. The molecule has 0 fully saturated rings. The number of benzene rings is 3. The second-order valence-corrected chi connectivity index (χ2v) is 9.50. The first-order valence-corrected chi connectivity index (χ1v) is 11.7. The molecule has 0 radical (unpaired) electrons. The van der Waals surface area contributed by atoms with E-state index in [1.165, 1.54) is 23.3 Å². The van der Waals surface area contributed by atoms with Crippen molar-refractivity contribution in [1.82, 2.24) is 0 Å². The standard InChI is InChI=1S/C26H25NO3S/c1-19-8-12-22(13-9-19)24-16-23(21-6-4-3-5-7-21)17-25(18-24)27-30-31(28,29)26-14-10-20(2)11-15-26/h3-15,17,24H,16,18H2,1-2H3/b27-25+. The van der Waals surface area contributed by atoms with Gasteiger partial charge in [-0.15, -0.1) is 0 Å². The zero-order valence-corrected chi connectivity index (χ0v) is 18.5. The first-order valence-electron chi connectivity index (χ1n) is 10.3. The summed E-state index contributed by atoms with van der Waals surface area (Å²) in [5, 5.41) is 4.08. The molecular weight excluding hydrogens is 406 g/mol. The summed E-state index contributed by atoms with van der Waals surface area (Å²) in [4.78, 5) is 0.0978. The van der Waals surface area contributed by atoms with E-state index in [1.54, 1.807) is 12.1 Å². The van der Waals surface area contributed by atoms with Gasteiger partial charge in [0.1, 0.15) is 4.90 Å². The van der Waals surface area contributed by atoms with E-state index in [-0.39, 0.29) is 10.8 Å². The molecule has 3 aromatic carbocycles. The lowest BCUT2D eigenvalue weighted by Crippen LogP contribution is -2.14. The topological polar surface area (TPSA) is 55.7 Å². The third-order valence-corrected chi connectivity index (χ3v) is 6.64. The highest BCUT2D eigenvalue weighted by atomic mass is 32.2. The van der Waals surface area contributed by atoms with Gasteiger partial charge in [0.15, 0.2) is 0 Å². The van der Waals surface area contributed by atoms with E-state index in [0.29, 0.717) is 12.1 Å². The molecule has 0 amide bonds. The SMILES string of the molecule is Cc1ccc(C2CC(c3ccccc3)=C/C(=N\OS(=O)(=O)c3ccc(C)cc3)C2)cc1. The fourth-order valence-corrected chi connectivity index (χ4v) is 4.49. The van der Waals surface area contributed by atoms with Gasteiger partial charge in [-0.25, -0.2) is 0 Å². The quantitative estimate of drug-likeness (QED) is 0.464. The summed E-state index contributed by atoms with van der Waals surface area (Å²) in [6, 6.07) is 25.1. The van der Waals surface area contributed by atoms with Gasteiger partial charge in [0, 0.05) is 6.42 Å². The predicted octanol–water partition coefficient (Wildman–Crippen LogP) is 6.03. The molecular formula is C26H25NO3S.